The van der Waals surface area contributed by atoms with Crippen LogP contribution < -0.4 is 20.3 Å². The van der Waals surface area contributed by atoms with Crippen LogP contribution in [0.5, 0.6) is 11.5 Å². The van der Waals surface area contributed by atoms with Crippen LogP contribution in [0.15, 0.2) is 53.3 Å². The molecule has 9 heteroatoms. The van der Waals surface area contributed by atoms with Crippen molar-refractivity contribution in [2.75, 3.05) is 20.8 Å². The van der Waals surface area contributed by atoms with E-state index in [0.29, 0.717) is 35.3 Å². The van der Waals surface area contributed by atoms with Crippen LogP contribution in [0.4, 0.5) is 0 Å². The molecule has 1 amide bonds. The van der Waals surface area contributed by atoms with E-state index in [0.717, 1.165) is 22.7 Å². The van der Waals surface area contributed by atoms with Crippen molar-refractivity contribution >= 4 is 16.8 Å². The molecule has 182 valence electrons. The summed E-state index contributed by atoms with van der Waals surface area (Å²) in [4.78, 5) is 26.2. The number of benzene rings is 2. The zero-order valence-electron chi connectivity index (χ0n) is 20.5. The van der Waals surface area contributed by atoms with Gasteiger partial charge in [-0.2, -0.15) is 10.2 Å². The van der Waals surface area contributed by atoms with Gasteiger partial charge in [-0.1, -0.05) is 18.2 Å². The van der Waals surface area contributed by atoms with Crippen molar-refractivity contribution in [3.8, 4) is 17.2 Å². The quantitative estimate of drug-likeness (QED) is 0.420. The Kier molecular flexibility index (Phi) is 6.86. The van der Waals surface area contributed by atoms with Crippen LogP contribution in [0, 0.1) is 13.8 Å². The van der Waals surface area contributed by atoms with Crippen LogP contribution in [0.3, 0.4) is 0 Å². The number of para-hydroxylation sites is 1. The van der Waals surface area contributed by atoms with Crippen molar-refractivity contribution in [1.29, 1.82) is 0 Å². The van der Waals surface area contributed by atoms with Crippen LogP contribution in [0.1, 0.15) is 29.9 Å². The second-order valence-corrected chi connectivity index (χ2v) is 8.29. The summed E-state index contributed by atoms with van der Waals surface area (Å²) in [5, 5.41) is 12.6. The van der Waals surface area contributed by atoms with E-state index in [1.807, 2.05) is 62.4 Å². The molecule has 0 aliphatic heterocycles. The number of carbonyl (C=O) groups excluding carboxylic acids is 1. The molecule has 1 atom stereocenters. The Balaban J connectivity index is 1.56. The van der Waals surface area contributed by atoms with E-state index >= 15 is 0 Å². The largest absolute Gasteiger partial charge is 0.497 e. The molecule has 0 spiro atoms. The van der Waals surface area contributed by atoms with Gasteiger partial charge >= 0.3 is 0 Å². The SMILES string of the molecule is COc1ccc(OC)c(CCNC(=O)[C@H](C)n2nc(C)c3c(C)n(-c4ccccc4)nc3c2=O)c1. The molecule has 9 nitrogen and oxygen atoms in total. The van der Waals surface area contributed by atoms with Crippen LogP contribution in [-0.4, -0.2) is 46.2 Å². The second-order valence-electron chi connectivity index (χ2n) is 8.29. The number of amides is 1. The average Bonchev–Trinajstić information content (AvgIpc) is 3.24. The lowest BCUT2D eigenvalue weighted by Crippen LogP contribution is -2.38. The third-order valence-corrected chi connectivity index (χ3v) is 6.07. The fraction of sp³-hybridized carbons (Fsp3) is 0.308. The van der Waals surface area contributed by atoms with Crippen molar-refractivity contribution in [1.82, 2.24) is 24.9 Å². The lowest BCUT2D eigenvalue weighted by atomic mass is 10.1. The molecular formula is C26H29N5O4. The van der Waals surface area contributed by atoms with Gasteiger partial charge in [0.25, 0.3) is 5.56 Å². The van der Waals surface area contributed by atoms with E-state index in [4.69, 9.17) is 9.47 Å². The molecule has 2 aromatic carbocycles. The zero-order valence-corrected chi connectivity index (χ0v) is 20.5. The summed E-state index contributed by atoms with van der Waals surface area (Å²) in [7, 11) is 3.20. The first kappa shape index (κ1) is 24.0. The minimum Gasteiger partial charge on any atom is -0.497 e. The van der Waals surface area contributed by atoms with Gasteiger partial charge in [0.2, 0.25) is 5.91 Å². The number of ether oxygens (including phenoxy) is 2. The highest BCUT2D eigenvalue weighted by Gasteiger charge is 2.23. The molecule has 2 heterocycles. The number of aromatic nitrogens is 4. The second kappa shape index (κ2) is 10.0. The maximum atomic E-state index is 13.3. The number of nitrogens with zero attached hydrogens (tertiary/aromatic N) is 4. The van der Waals surface area contributed by atoms with E-state index in [1.54, 1.807) is 25.8 Å². The Bertz CT molecular complexity index is 1430. The number of carbonyl (C=O) groups is 1. The van der Waals surface area contributed by atoms with Crippen molar-refractivity contribution < 1.29 is 14.3 Å². The Morgan fingerprint density at radius 3 is 2.49 bits per heavy atom. The molecule has 0 unspecified atom stereocenters. The highest BCUT2D eigenvalue weighted by atomic mass is 16.5. The topological polar surface area (TPSA) is 100 Å². The van der Waals surface area contributed by atoms with Crippen LogP contribution in [-0.2, 0) is 11.2 Å². The van der Waals surface area contributed by atoms with Gasteiger partial charge in [-0.15, -0.1) is 0 Å². The maximum absolute atomic E-state index is 13.3. The molecule has 0 radical (unpaired) electrons. The van der Waals surface area contributed by atoms with E-state index in [-0.39, 0.29) is 5.91 Å². The number of fused-ring (bicyclic) bond motifs is 1. The van der Waals surface area contributed by atoms with Gasteiger partial charge < -0.3 is 14.8 Å². The molecular weight excluding hydrogens is 446 g/mol. The zero-order chi connectivity index (χ0) is 25.1. The summed E-state index contributed by atoms with van der Waals surface area (Å²) >= 11 is 0. The minimum absolute atomic E-state index is 0.291. The first-order valence-corrected chi connectivity index (χ1v) is 11.4. The maximum Gasteiger partial charge on any atom is 0.295 e. The van der Waals surface area contributed by atoms with Crippen molar-refractivity contribution in [3.63, 3.8) is 0 Å². The Labute approximate surface area is 203 Å². The van der Waals surface area contributed by atoms with Crippen LogP contribution in [0.2, 0.25) is 0 Å². The van der Waals surface area contributed by atoms with Gasteiger partial charge in [-0.05, 0) is 63.1 Å². The Morgan fingerprint density at radius 1 is 1.06 bits per heavy atom. The Morgan fingerprint density at radius 2 is 1.80 bits per heavy atom. The predicted octanol–water partition coefficient (Wildman–Crippen LogP) is 3.14. The van der Waals surface area contributed by atoms with E-state index < -0.39 is 11.6 Å². The lowest BCUT2D eigenvalue weighted by molar-refractivity contribution is -0.124. The van der Waals surface area contributed by atoms with Crippen molar-refractivity contribution in [2.24, 2.45) is 0 Å². The molecule has 0 aliphatic carbocycles. The first-order valence-electron chi connectivity index (χ1n) is 11.4. The summed E-state index contributed by atoms with van der Waals surface area (Å²) in [6.45, 7) is 5.75. The molecule has 35 heavy (non-hydrogen) atoms. The van der Waals surface area contributed by atoms with Gasteiger partial charge in [-0.25, -0.2) is 9.36 Å². The summed E-state index contributed by atoms with van der Waals surface area (Å²) in [5.74, 6) is 1.13. The number of aryl methyl sites for hydroxylation is 2. The standard InChI is InChI=1S/C26H29N5O4/c1-16-23-17(2)30(20-9-7-6-8-10-20)29-24(23)26(33)31(28-16)18(3)25(32)27-14-13-19-15-21(34-4)11-12-22(19)35-5/h6-12,15,18H,13-14H2,1-5H3,(H,27,32)/t18-/m0/s1. The van der Waals surface area contributed by atoms with E-state index in [9.17, 15) is 9.59 Å². The summed E-state index contributed by atoms with van der Waals surface area (Å²) < 4.78 is 13.6. The number of rotatable bonds is 8. The fourth-order valence-corrected chi connectivity index (χ4v) is 4.19. The summed E-state index contributed by atoms with van der Waals surface area (Å²) in [6.07, 6.45) is 0.542. The van der Waals surface area contributed by atoms with E-state index in [1.165, 1.54) is 4.68 Å². The molecule has 4 rings (SSSR count). The average molecular weight is 476 g/mol. The lowest BCUT2D eigenvalue weighted by Gasteiger charge is -2.15. The van der Waals surface area contributed by atoms with Crippen molar-refractivity contribution in [2.45, 2.75) is 33.2 Å². The van der Waals surface area contributed by atoms with Gasteiger partial charge in [0.05, 0.1) is 36.7 Å². The number of hydrogen-bond acceptors (Lipinski definition) is 6. The van der Waals surface area contributed by atoms with Gasteiger partial charge in [-0.3, -0.25) is 9.59 Å². The third-order valence-electron chi connectivity index (χ3n) is 6.07. The van der Waals surface area contributed by atoms with E-state index in [2.05, 4.69) is 15.5 Å². The smallest absolute Gasteiger partial charge is 0.295 e. The van der Waals surface area contributed by atoms with Crippen molar-refractivity contribution in [3.05, 3.63) is 75.8 Å². The molecule has 1 N–H and O–H groups in total. The summed E-state index contributed by atoms with van der Waals surface area (Å²) in [5.41, 5.74) is 3.12. The minimum atomic E-state index is -0.806. The van der Waals surface area contributed by atoms with Gasteiger partial charge in [0.15, 0.2) is 5.52 Å². The highest BCUT2D eigenvalue weighted by Crippen LogP contribution is 2.24. The number of hydrogen-bond donors (Lipinski definition) is 1. The molecule has 0 bridgehead atoms. The van der Waals surface area contributed by atoms with Gasteiger partial charge in [0, 0.05) is 6.54 Å². The number of methoxy groups -OCH3 is 2. The summed E-state index contributed by atoms with van der Waals surface area (Å²) in [6, 6.07) is 14.3. The third kappa shape index (κ3) is 4.62. The molecule has 0 saturated heterocycles. The van der Waals surface area contributed by atoms with Crippen LogP contribution >= 0.6 is 0 Å². The molecule has 0 fully saturated rings. The molecule has 0 aliphatic rings. The van der Waals surface area contributed by atoms with Crippen LogP contribution in [0.25, 0.3) is 16.6 Å². The predicted molar refractivity (Wildman–Crippen MR) is 134 cm³/mol. The fourth-order valence-electron chi connectivity index (χ4n) is 4.19. The highest BCUT2D eigenvalue weighted by molar-refractivity contribution is 5.84. The molecule has 4 aromatic rings. The Hall–Kier alpha value is -4.14. The molecule has 0 saturated carbocycles. The van der Waals surface area contributed by atoms with Gasteiger partial charge in [0.1, 0.15) is 17.5 Å². The molecule has 2 aromatic heterocycles. The number of nitrogens with one attached hydrogen (secondary N) is 1. The first-order chi connectivity index (χ1) is 16.8. The normalized spacial score (nSPS) is 11.9. The monoisotopic (exact) mass is 475 g/mol.